The van der Waals surface area contributed by atoms with Crippen LogP contribution in [-0.2, 0) is 19.8 Å². The van der Waals surface area contributed by atoms with Gasteiger partial charge in [-0.05, 0) is 62.1 Å². The van der Waals surface area contributed by atoms with E-state index in [2.05, 4.69) is 41.4 Å². The minimum atomic E-state index is -4.64. The molecule has 1 saturated carbocycles. The molecule has 14 heteroatoms. The predicted octanol–water partition coefficient (Wildman–Crippen LogP) is 6.25. The Labute approximate surface area is 280 Å². The van der Waals surface area contributed by atoms with E-state index < -0.39 is 23.2 Å². The average molecular weight is 674 g/mol. The standard InChI is InChI=1S/C35H35F3N8O3/c1-39-24-13-15-26(16-14-24)44-29(17-18-41-44)31-30(34(48)45(43(31)2)27-8-6-7-23(19-27)35(36,37)38)32(47)42-25-11-9-22(10-12-25)33-40-20-28(49-33)21-46(3,4)5/h6-8,13-20,22,25H,9-12,21H2,2-5H3/p+1. The Morgan fingerprint density at radius 1 is 1.06 bits per heavy atom. The van der Waals surface area contributed by atoms with Crippen molar-refractivity contribution >= 4 is 11.6 Å². The lowest BCUT2D eigenvalue weighted by molar-refractivity contribution is -0.884. The molecule has 254 valence electrons. The van der Waals surface area contributed by atoms with Crippen molar-refractivity contribution in [2.75, 3.05) is 21.1 Å². The van der Waals surface area contributed by atoms with E-state index in [1.54, 1.807) is 36.5 Å². The van der Waals surface area contributed by atoms with Gasteiger partial charge in [-0.2, -0.15) is 18.3 Å². The highest BCUT2D eigenvalue weighted by molar-refractivity contribution is 6.00. The molecule has 0 radical (unpaired) electrons. The van der Waals surface area contributed by atoms with Gasteiger partial charge in [-0.25, -0.2) is 19.2 Å². The van der Waals surface area contributed by atoms with Crippen LogP contribution in [0.5, 0.6) is 0 Å². The van der Waals surface area contributed by atoms with Gasteiger partial charge in [0.05, 0.1) is 62.7 Å². The summed E-state index contributed by atoms with van der Waals surface area (Å²) in [7, 11) is 7.74. The fourth-order valence-corrected chi connectivity index (χ4v) is 6.36. The van der Waals surface area contributed by atoms with E-state index in [-0.39, 0.29) is 28.9 Å². The quantitative estimate of drug-likeness (QED) is 0.155. The molecule has 1 aliphatic rings. The van der Waals surface area contributed by atoms with Crippen LogP contribution in [0.25, 0.3) is 27.6 Å². The lowest BCUT2D eigenvalue weighted by atomic mass is 9.86. The predicted molar refractivity (Wildman–Crippen MR) is 176 cm³/mol. The molecule has 0 spiro atoms. The van der Waals surface area contributed by atoms with Crippen molar-refractivity contribution in [2.45, 2.75) is 50.4 Å². The SMILES string of the molecule is [C-]#[N+]c1ccc(-n2nccc2-c2c(C(=O)NC3CCC(c4ncc(C[N+](C)(C)C)o4)CC3)c(=O)n(-c3cccc(C(F)(F)F)c3)n2C)cc1. The Morgan fingerprint density at radius 2 is 1.78 bits per heavy atom. The van der Waals surface area contributed by atoms with E-state index in [4.69, 9.17) is 11.0 Å². The number of amides is 1. The van der Waals surface area contributed by atoms with Crippen molar-refractivity contribution in [3.05, 3.63) is 112 Å². The monoisotopic (exact) mass is 673 g/mol. The molecule has 1 fully saturated rings. The number of carbonyl (C=O) groups is 1. The highest BCUT2D eigenvalue weighted by Crippen LogP contribution is 2.34. The zero-order chi connectivity index (χ0) is 35.1. The van der Waals surface area contributed by atoms with Crippen LogP contribution in [0.1, 0.15) is 59.2 Å². The molecule has 1 amide bonds. The van der Waals surface area contributed by atoms with Gasteiger partial charge in [-0.3, -0.25) is 14.3 Å². The molecule has 0 atom stereocenters. The van der Waals surface area contributed by atoms with Crippen LogP contribution in [0.2, 0.25) is 0 Å². The largest absolute Gasteiger partial charge is 0.439 e. The van der Waals surface area contributed by atoms with Crippen LogP contribution in [0.3, 0.4) is 0 Å². The van der Waals surface area contributed by atoms with Gasteiger partial charge in [0.2, 0.25) is 0 Å². The van der Waals surface area contributed by atoms with Crippen LogP contribution >= 0.6 is 0 Å². The summed E-state index contributed by atoms with van der Waals surface area (Å²) in [6, 6.07) is 12.4. The number of nitrogens with zero attached hydrogens (tertiary/aromatic N) is 7. The van der Waals surface area contributed by atoms with Crippen molar-refractivity contribution in [1.29, 1.82) is 0 Å². The normalized spacial score (nSPS) is 16.8. The molecule has 1 aliphatic carbocycles. The van der Waals surface area contributed by atoms with Crippen LogP contribution in [-0.4, -0.2) is 61.7 Å². The Morgan fingerprint density at radius 3 is 2.43 bits per heavy atom. The molecular weight excluding hydrogens is 637 g/mol. The summed E-state index contributed by atoms with van der Waals surface area (Å²) in [4.78, 5) is 36.1. The maximum Gasteiger partial charge on any atom is 0.416 e. The van der Waals surface area contributed by atoms with Crippen molar-refractivity contribution in [3.8, 4) is 22.8 Å². The number of rotatable bonds is 8. The zero-order valence-corrected chi connectivity index (χ0v) is 27.5. The summed E-state index contributed by atoms with van der Waals surface area (Å²) in [5.74, 6) is 0.957. The Balaban J connectivity index is 1.33. The second-order valence-electron chi connectivity index (χ2n) is 13.3. The number of halogens is 3. The van der Waals surface area contributed by atoms with E-state index in [1.165, 1.54) is 34.7 Å². The zero-order valence-electron chi connectivity index (χ0n) is 27.5. The number of benzene rings is 2. The van der Waals surface area contributed by atoms with E-state index in [9.17, 15) is 22.8 Å². The smallest absolute Gasteiger partial charge is 0.416 e. The molecule has 11 nitrogen and oxygen atoms in total. The summed E-state index contributed by atoms with van der Waals surface area (Å²) < 4.78 is 51.8. The third-order valence-electron chi connectivity index (χ3n) is 8.63. The fraction of sp³-hybridized carbons (Fsp3) is 0.343. The summed E-state index contributed by atoms with van der Waals surface area (Å²) in [6.07, 6.45) is 1.32. The van der Waals surface area contributed by atoms with Gasteiger partial charge in [-0.15, -0.1) is 0 Å². The number of hydrogen-bond donors (Lipinski definition) is 1. The first-order valence-corrected chi connectivity index (χ1v) is 15.8. The fourth-order valence-electron chi connectivity index (χ4n) is 6.36. The maximum atomic E-state index is 14.1. The molecule has 5 aromatic rings. The van der Waals surface area contributed by atoms with E-state index >= 15 is 0 Å². The van der Waals surface area contributed by atoms with Gasteiger partial charge >= 0.3 is 6.18 Å². The second-order valence-corrected chi connectivity index (χ2v) is 13.3. The first-order chi connectivity index (χ1) is 23.2. The van der Waals surface area contributed by atoms with Gasteiger partial charge in [-0.1, -0.05) is 18.2 Å². The first-order valence-electron chi connectivity index (χ1n) is 15.8. The van der Waals surface area contributed by atoms with Gasteiger partial charge < -0.3 is 14.2 Å². The summed E-state index contributed by atoms with van der Waals surface area (Å²) in [5.41, 5.74) is -0.458. The Hall–Kier alpha value is -5.42. The molecule has 3 aromatic heterocycles. The Kier molecular flexibility index (Phi) is 8.81. The summed E-state index contributed by atoms with van der Waals surface area (Å²) >= 11 is 0. The second kappa shape index (κ2) is 12.9. The number of nitrogens with one attached hydrogen (secondary N) is 1. The first kappa shape index (κ1) is 33.5. The van der Waals surface area contributed by atoms with E-state index in [0.717, 1.165) is 35.4 Å². The molecule has 2 aromatic carbocycles. The molecule has 0 unspecified atom stereocenters. The molecule has 3 heterocycles. The van der Waals surface area contributed by atoms with Crippen molar-refractivity contribution in [2.24, 2.45) is 7.05 Å². The lowest BCUT2D eigenvalue weighted by Gasteiger charge is -2.27. The van der Waals surface area contributed by atoms with Gasteiger partial charge in [0.1, 0.15) is 17.8 Å². The number of alkyl halides is 3. The third kappa shape index (κ3) is 6.93. The van der Waals surface area contributed by atoms with Crippen LogP contribution in [0, 0.1) is 6.57 Å². The van der Waals surface area contributed by atoms with Crippen LogP contribution in [0.15, 0.2) is 76.2 Å². The van der Waals surface area contributed by atoms with E-state index in [1.807, 2.05) is 0 Å². The molecule has 0 saturated heterocycles. The molecule has 49 heavy (non-hydrogen) atoms. The molecule has 6 rings (SSSR count). The van der Waals surface area contributed by atoms with Crippen molar-refractivity contribution in [3.63, 3.8) is 0 Å². The minimum Gasteiger partial charge on any atom is -0.439 e. The van der Waals surface area contributed by atoms with Crippen LogP contribution < -0.4 is 10.9 Å². The number of quaternary nitrogens is 1. The third-order valence-corrected chi connectivity index (χ3v) is 8.63. The molecule has 0 aliphatic heterocycles. The minimum absolute atomic E-state index is 0.0498. The van der Waals surface area contributed by atoms with E-state index in [0.29, 0.717) is 46.8 Å². The van der Waals surface area contributed by atoms with Crippen LogP contribution in [0.4, 0.5) is 18.9 Å². The number of aromatic nitrogens is 5. The van der Waals surface area contributed by atoms with Gasteiger partial charge in [0, 0.05) is 19.0 Å². The average Bonchev–Trinajstić information content (AvgIpc) is 3.78. The molecule has 1 N–H and O–H groups in total. The van der Waals surface area contributed by atoms with Crippen molar-refractivity contribution < 1.29 is 26.9 Å². The number of oxazole rings is 1. The molecular formula is C35H36F3N8O3+. The maximum absolute atomic E-state index is 14.1. The van der Waals surface area contributed by atoms with Gasteiger partial charge in [0.15, 0.2) is 17.3 Å². The summed E-state index contributed by atoms with van der Waals surface area (Å²) in [6.45, 7) is 7.97. The van der Waals surface area contributed by atoms with Gasteiger partial charge in [0.25, 0.3) is 11.5 Å². The number of carbonyl (C=O) groups excluding carboxylic acids is 1. The summed E-state index contributed by atoms with van der Waals surface area (Å²) in [5, 5.41) is 7.44. The highest BCUT2D eigenvalue weighted by atomic mass is 19.4. The topological polar surface area (TPSA) is 104 Å². The Bertz CT molecular complexity index is 2080. The highest BCUT2D eigenvalue weighted by Gasteiger charge is 2.34. The lowest BCUT2D eigenvalue weighted by Crippen LogP contribution is -2.39. The number of hydrogen-bond acceptors (Lipinski definition) is 5. The van der Waals surface area contributed by atoms with Crippen molar-refractivity contribution in [1.82, 2.24) is 29.4 Å². The molecule has 0 bridgehead atoms.